The number of nitrogens with zero attached hydrogens (tertiary/aromatic N) is 2. The van der Waals surface area contributed by atoms with Gasteiger partial charge in [0, 0.05) is 19.1 Å². The molecule has 98 valence electrons. The molecule has 1 saturated carbocycles. The number of aromatic carboxylic acids is 1. The topological polar surface area (TPSA) is 73.6 Å². The molecule has 2 heterocycles. The molecule has 0 amide bonds. The van der Waals surface area contributed by atoms with Crippen LogP contribution in [0.2, 0.25) is 0 Å². The number of carboxylic acid groups (broad SMARTS) is 1. The first-order valence-electron chi connectivity index (χ1n) is 6.28. The van der Waals surface area contributed by atoms with E-state index in [9.17, 15) is 4.79 Å². The van der Waals surface area contributed by atoms with Gasteiger partial charge >= 0.3 is 5.97 Å². The molecule has 0 saturated heterocycles. The molecule has 0 aromatic carbocycles. The SMILES string of the molecule is O=C(O)c1cc2n(n1)CC(CCOCC1CC1)O2. The van der Waals surface area contributed by atoms with E-state index in [1.165, 1.54) is 18.9 Å². The van der Waals surface area contributed by atoms with Crippen molar-refractivity contribution in [3.8, 4) is 5.88 Å². The summed E-state index contributed by atoms with van der Waals surface area (Å²) in [5.41, 5.74) is 0.0356. The predicted octanol–water partition coefficient (Wildman–Crippen LogP) is 1.16. The zero-order valence-electron chi connectivity index (χ0n) is 10.0. The summed E-state index contributed by atoms with van der Waals surface area (Å²) in [5.74, 6) is 0.299. The Morgan fingerprint density at radius 1 is 1.61 bits per heavy atom. The number of hydrogen-bond donors (Lipinski definition) is 1. The molecule has 2 aliphatic rings. The predicted molar refractivity (Wildman–Crippen MR) is 61.8 cm³/mol. The summed E-state index contributed by atoms with van der Waals surface area (Å²) in [4.78, 5) is 10.7. The van der Waals surface area contributed by atoms with Gasteiger partial charge in [0.2, 0.25) is 5.88 Å². The molecule has 6 heteroatoms. The maximum atomic E-state index is 10.7. The van der Waals surface area contributed by atoms with Gasteiger partial charge in [0.15, 0.2) is 5.69 Å². The molecule has 0 radical (unpaired) electrons. The van der Waals surface area contributed by atoms with E-state index in [1.54, 1.807) is 4.68 Å². The molecule has 1 aromatic rings. The van der Waals surface area contributed by atoms with E-state index in [2.05, 4.69) is 5.10 Å². The van der Waals surface area contributed by atoms with Gasteiger partial charge in [0.05, 0.1) is 13.2 Å². The molecule has 1 fully saturated rings. The summed E-state index contributed by atoms with van der Waals surface area (Å²) in [7, 11) is 0. The van der Waals surface area contributed by atoms with Crippen molar-refractivity contribution in [1.29, 1.82) is 0 Å². The van der Waals surface area contributed by atoms with Gasteiger partial charge in [0.25, 0.3) is 0 Å². The van der Waals surface area contributed by atoms with Crippen molar-refractivity contribution in [2.45, 2.75) is 31.9 Å². The lowest BCUT2D eigenvalue weighted by Crippen LogP contribution is -2.18. The second-order valence-corrected chi connectivity index (χ2v) is 4.90. The van der Waals surface area contributed by atoms with Crippen LogP contribution >= 0.6 is 0 Å². The number of carboxylic acids is 1. The van der Waals surface area contributed by atoms with Crippen molar-refractivity contribution < 1.29 is 19.4 Å². The molecular weight excluding hydrogens is 236 g/mol. The summed E-state index contributed by atoms with van der Waals surface area (Å²) in [6, 6.07) is 1.47. The van der Waals surface area contributed by atoms with Crippen molar-refractivity contribution in [3.63, 3.8) is 0 Å². The molecule has 1 aliphatic heterocycles. The average Bonchev–Trinajstić information content (AvgIpc) is 2.93. The lowest BCUT2D eigenvalue weighted by atomic mass is 10.3. The lowest BCUT2D eigenvalue weighted by molar-refractivity contribution is 0.0687. The van der Waals surface area contributed by atoms with Crippen molar-refractivity contribution in [1.82, 2.24) is 9.78 Å². The fraction of sp³-hybridized carbons (Fsp3) is 0.667. The Kier molecular flexibility index (Phi) is 2.95. The van der Waals surface area contributed by atoms with Gasteiger partial charge in [-0.15, -0.1) is 0 Å². The minimum absolute atomic E-state index is 0.0356. The third kappa shape index (κ3) is 2.48. The Hall–Kier alpha value is -1.56. The molecule has 6 nitrogen and oxygen atoms in total. The third-order valence-corrected chi connectivity index (χ3v) is 3.26. The number of ether oxygens (including phenoxy) is 2. The largest absolute Gasteiger partial charge is 0.476 e. The second kappa shape index (κ2) is 4.61. The van der Waals surface area contributed by atoms with Crippen LogP contribution < -0.4 is 4.74 Å². The van der Waals surface area contributed by atoms with E-state index in [0.717, 1.165) is 18.9 Å². The van der Waals surface area contributed by atoms with E-state index in [1.807, 2.05) is 0 Å². The van der Waals surface area contributed by atoms with Gasteiger partial charge in [-0.2, -0.15) is 5.10 Å². The van der Waals surface area contributed by atoms with Gasteiger partial charge in [-0.25, -0.2) is 9.48 Å². The standard InChI is InChI=1S/C12H16N2O4/c15-12(16)10-5-11-14(13-10)6-9(18-11)3-4-17-7-8-1-2-8/h5,8-9H,1-4,6-7H2,(H,15,16). The van der Waals surface area contributed by atoms with Crippen molar-refractivity contribution >= 4 is 5.97 Å². The summed E-state index contributed by atoms with van der Waals surface area (Å²) in [6.07, 6.45) is 3.47. The highest BCUT2D eigenvalue weighted by Crippen LogP contribution is 2.29. The molecular formula is C12H16N2O4. The number of rotatable bonds is 6. The molecule has 0 bridgehead atoms. The zero-order valence-corrected chi connectivity index (χ0v) is 10.0. The minimum atomic E-state index is -1.02. The van der Waals surface area contributed by atoms with Crippen molar-refractivity contribution in [3.05, 3.63) is 11.8 Å². The van der Waals surface area contributed by atoms with Crippen LogP contribution in [0.15, 0.2) is 6.07 Å². The van der Waals surface area contributed by atoms with E-state index < -0.39 is 5.97 Å². The molecule has 1 aliphatic carbocycles. The maximum Gasteiger partial charge on any atom is 0.356 e. The van der Waals surface area contributed by atoms with Crippen molar-refractivity contribution in [2.75, 3.05) is 13.2 Å². The quantitative estimate of drug-likeness (QED) is 0.769. The molecule has 1 atom stereocenters. The molecule has 1 N–H and O–H groups in total. The molecule has 18 heavy (non-hydrogen) atoms. The van der Waals surface area contributed by atoms with Gasteiger partial charge in [-0.3, -0.25) is 0 Å². The van der Waals surface area contributed by atoms with Crippen LogP contribution in [0, 0.1) is 5.92 Å². The Labute approximate surface area is 104 Å². The lowest BCUT2D eigenvalue weighted by Gasteiger charge is -2.09. The van der Waals surface area contributed by atoms with Crippen LogP contribution in [0.4, 0.5) is 0 Å². The van der Waals surface area contributed by atoms with E-state index in [4.69, 9.17) is 14.6 Å². The normalized spacial score (nSPS) is 21.7. The van der Waals surface area contributed by atoms with Crippen molar-refractivity contribution in [2.24, 2.45) is 5.92 Å². The third-order valence-electron chi connectivity index (χ3n) is 3.26. The van der Waals surface area contributed by atoms with Crippen LogP contribution in [-0.4, -0.2) is 40.2 Å². The fourth-order valence-electron chi connectivity index (χ4n) is 2.03. The second-order valence-electron chi connectivity index (χ2n) is 4.90. The Bertz CT molecular complexity index is 429. The Balaban J connectivity index is 1.44. The average molecular weight is 252 g/mol. The molecule has 0 spiro atoms. The molecule has 3 rings (SSSR count). The highest BCUT2D eigenvalue weighted by atomic mass is 16.5. The summed E-state index contributed by atoms with van der Waals surface area (Å²) >= 11 is 0. The van der Waals surface area contributed by atoms with E-state index in [0.29, 0.717) is 19.0 Å². The first kappa shape index (κ1) is 11.5. The summed E-state index contributed by atoms with van der Waals surface area (Å²) in [5, 5.41) is 12.7. The Morgan fingerprint density at radius 2 is 2.44 bits per heavy atom. The first-order chi connectivity index (χ1) is 8.72. The maximum absolute atomic E-state index is 10.7. The van der Waals surface area contributed by atoms with E-state index >= 15 is 0 Å². The monoisotopic (exact) mass is 252 g/mol. The van der Waals surface area contributed by atoms with Crippen LogP contribution in [0.5, 0.6) is 5.88 Å². The highest BCUT2D eigenvalue weighted by molar-refractivity contribution is 5.85. The molecule has 1 aromatic heterocycles. The smallest absolute Gasteiger partial charge is 0.356 e. The van der Waals surface area contributed by atoms with E-state index in [-0.39, 0.29) is 11.8 Å². The number of carbonyl (C=O) groups is 1. The molecule has 1 unspecified atom stereocenters. The van der Waals surface area contributed by atoms with Crippen LogP contribution in [-0.2, 0) is 11.3 Å². The van der Waals surface area contributed by atoms with Gasteiger partial charge < -0.3 is 14.6 Å². The summed E-state index contributed by atoms with van der Waals surface area (Å²) < 4.78 is 12.8. The fourth-order valence-corrected chi connectivity index (χ4v) is 2.03. The van der Waals surface area contributed by atoms with Gasteiger partial charge in [-0.05, 0) is 18.8 Å². The highest BCUT2D eigenvalue weighted by Gasteiger charge is 2.26. The van der Waals surface area contributed by atoms with Crippen LogP contribution in [0.3, 0.4) is 0 Å². The van der Waals surface area contributed by atoms with Gasteiger partial charge in [0.1, 0.15) is 6.10 Å². The summed E-state index contributed by atoms with van der Waals surface area (Å²) in [6.45, 7) is 2.16. The number of aromatic nitrogens is 2. The zero-order chi connectivity index (χ0) is 12.5. The number of fused-ring (bicyclic) bond motifs is 1. The first-order valence-corrected chi connectivity index (χ1v) is 6.28. The van der Waals surface area contributed by atoms with Crippen LogP contribution in [0.25, 0.3) is 0 Å². The van der Waals surface area contributed by atoms with Crippen LogP contribution in [0.1, 0.15) is 29.8 Å². The minimum Gasteiger partial charge on any atom is -0.476 e. The number of hydrogen-bond acceptors (Lipinski definition) is 4. The van der Waals surface area contributed by atoms with Gasteiger partial charge in [-0.1, -0.05) is 0 Å². The Morgan fingerprint density at radius 3 is 3.11 bits per heavy atom.